The summed E-state index contributed by atoms with van der Waals surface area (Å²) in [5.41, 5.74) is 0.876. The van der Waals surface area contributed by atoms with Crippen molar-refractivity contribution < 1.29 is 4.79 Å². The first-order valence-electron chi connectivity index (χ1n) is 7.03. The number of hydrogen-bond donors (Lipinski definition) is 1. The lowest BCUT2D eigenvalue weighted by Gasteiger charge is -2.30. The first-order chi connectivity index (χ1) is 8.86. The van der Waals surface area contributed by atoms with Gasteiger partial charge in [-0.15, -0.1) is 0 Å². The molecule has 1 amide bonds. The van der Waals surface area contributed by atoms with Crippen molar-refractivity contribution in [2.75, 3.05) is 26.2 Å². The summed E-state index contributed by atoms with van der Waals surface area (Å²) in [5, 5.41) is 3.34. The fraction of sp³-hybridized carbons (Fsp3) is 0.643. The van der Waals surface area contributed by atoms with Gasteiger partial charge >= 0.3 is 0 Å². The van der Waals surface area contributed by atoms with Crippen LogP contribution >= 0.6 is 0 Å². The lowest BCUT2D eigenvalue weighted by Crippen LogP contribution is -2.36. The summed E-state index contributed by atoms with van der Waals surface area (Å²) in [4.78, 5) is 14.5. The zero-order valence-corrected chi connectivity index (χ0v) is 10.8. The molecule has 0 atom stereocenters. The highest BCUT2D eigenvalue weighted by atomic mass is 16.2. The smallest absolute Gasteiger partial charge is 0.270 e. The van der Waals surface area contributed by atoms with E-state index in [0.29, 0.717) is 6.04 Å². The lowest BCUT2D eigenvalue weighted by molar-refractivity contribution is 0.0749. The Bertz CT molecular complexity index is 414. The van der Waals surface area contributed by atoms with Crippen LogP contribution in [-0.4, -0.2) is 41.6 Å². The van der Waals surface area contributed by atoms with Crippen molar-refractivity contribution in [1.29, 1.82) is 0 Å². The third kappa shape index (κ3) is 2.17. The van der Waals surface area contributed by atoms with Crippen LogP contribution in [0.25, 0.3) is 0 Å². The number of aromatic nitrogens is 1. The van der Waals surface area contributed by atoms with E-state index in [1.807, 2.05) is 17.0 Å². The third-order valence-corrected chi connectivity index (χ3v) is 4.09. The van der Waals surface area contributed by atoms with Crippen LogP contribution in [0.1, 0.15) is 42.2 Å². The van der Waals surface area contributed by atoms with Crippen molar-refractivity contribution >= 4 is 5.91 Å². The van der Waals surface area contributed by atoms with Gasteiger partial charge in [0.1, 0.15) is 5.69 Å². The molecule has 18 heavy (non-hydrogen) atoms. The Balaban J connectivity index is 1.76. The second-order valence-corrected chi connectivity index (χ2v) is 5.28. The molecule has 4 heteroatoms. The van der Waals surface area contributed by atoms with Crippen molar-refractivity contribution in [3.05, 3.63) is 24.0 Å². The average molecular weight is 247 g/mol. The van der Waals surface area contributed by atoms with Crippen molar-refractivity contribution in [2.45, 2.75) is 31.7 Å². The molecule has 0 bridgehead atoms. The summed E-state index contributed by atoms with van der Waals surface area (Å²) < 4.78 is 2.18. The van der Waals surface area contributed by atoms with Crippen molar-refractivity contribution in [2.24, 2.45) is 0 Å². The van der Waals surface area contributed by atoms with E-state index in [2.05, 4.69) is 16.1 Å². The number of hydrogen-bond acceptors (Lipinski definition) is 2. The lowest BCUT2D eigenvalue weighted by atomic mass is 9.93. The molecule has 1 saturated heterocycles. The molecule has 2 heterocycles. The minimum Gasteiger partial charge on any atom is -0.340 e. The topological polar surface area (TPSA) is 37.3 Å². The predicted octanol–water partition coefficient (Wildman–Crippen LogP) is 1.65. The van der Waals surface area contributed by atoms with E-state index >= 15 is 0 Å². The Kier molecular flexibility index (Phi) is 3.37. The van der Waals surface area contributed by atoms with Gasteiger partial charge in [0.25, 0.3) is 5.91 Å². The predicted molar refractivity (Wildman–Crippen MR) is 70.7 cm³/mol. The molecule has 4 nitrogen and oxygen atoms in total. The van der Waals surface area contributed by atoms with Crippen LogP contribution in [0.4, 0.5) is 0 Å². The van der Waals surface area contributed by atoms with Crippen LogP contribution in [0, 0.1) is 0 Å². The number of nitrogens with one attached hydrogen (secondary N) is 1. The Morgan fingerprint density at radius 1 is 1.22 bits per heavy atom. The van der Waals surface area contributed by atoms with E-state index in [-0.39, 0.29) is 5.91 Å². The maximum atomic E-state index is 12.6. The molecule has 0 aromatic carbocycles. The van der Waals surface area contributed by atoms with Crippen LogP contribution in [0.3, 0.4) is 0 Å². The fourth-order valence-electron chi connectivity index (χ4n) is 2.77. The minimum absolute atomic E-state index is 0.204. The molecule has 1 aromatic rings. The maximum Gasteiger partial charge on any atom is 0.270 e. The van der Waals surface area contributed by atoms with Crippen LogP contribution in [0.5, 0.6) is 0 Å². The molecule has 2 fully saturated rings. The molecule has 0 unspecified atom stereocenters. The molecule has 0 spiro atoms. The summed E-state index contributed by atoms with van der Waals surface area (Å²) in [6, 6.07) is 4.53. The van der Waals surface area contributed by atoms with E-state index in [4.69, 9.17) is 0 Å². The number of carbonyl (C=O) groups is 1. The van der Waals surface area contributed by atoms with Gasteiger partial charge in [0.05, 0.1) is 0 Å². The number of amides is 1. The second kappa shape index (κ2) is 5.14. The molecular formula is C14H21N3O. The molecular weight excluding hydrogens is 226 g/mol. The van der Waals surface area contributed by atoms with Gasteiger partial charge in [-0.05, 0) is 44.4 Å². The van der Waals surface area contributed by atoms with E-state index < -0.39 is 0 Å². The first-order valence-corrected chi connectivity index (χ1v) is 7.03. The first kappa shape index (κ1) is 11.8. The highest BCUT2D eigenvalue weighted by Crippen LogP contribution is 2.33. The monoisotopic (exact) mass is 247 g/mol. The summed E-state index contributed by atoms with van der Waals surface area (Å²) >= 11 is 0. The molecule has 1 N–H and O–H groups in total. The standard InChI is InChI=1S/C14H21N3O/c18-14(16-9-3-7-15-8-11-16)13-6-2-10-17(13)12-4-1-5-12/h2,6,10,12,15H,1,3-5,7-9,11H2. The average Bonchev–Trinajstić information content (AvgIpc) is 2.62. The normalized spacial score (nSPS) is 21.4. The fourth-order valence-corrected chi connectivity index (χ4v) is 2.77. The van der Waals surface area contributed by atoms with E-state index in [9.17, 15) is 4.79 Å². The van der Waals surface area contributed by atoms with Gasteiger partial charge in [-0.1, -0.05) is 0 Å². The van der Waals surface area contributed by atoms with Crippen LogP contribution in [0.2, 0.25) is 0 Å². The molecule has 1 saturated carbocycles. The number of carbonyl (C=O) groups excluding carboxylic acids is 1. The molecule has 98 valence electrons. The Morgan fingerprint density at radius 2 is 2.11 bits per heavy atom. The summed E-state index contributed by atoms with van der Waals surface area (Å²) in [5.74, 6) is 0.204. The Hall–Kier alpha value is -1.29. The maximum absolute atomic E-state index is 12.6. The summed E-state index contributed by atoms with van der Waals surface area (Å²) in [6.07, 6.45) is 6.85. The van der Waals surface area contributed by atoms with Gasteiger partial charge in [0.2, 0.25) is 0 Å². The molecule has 3 rings (SSSR count). The summed E-state index contributed by atoms with van der Waals surface area (Å²) in [6.45, 7) is 3.64. The van der Waals surface area contributed by atoms with E-state index in [1.54, 1.807) is 0 Å². The van der Waals surface area contributed by atoms with Gasteiger partial charge in [-0.2, -0.15) is 0 Å². The molecule has 0 radical (unpaired) electrons. The van der Waals surface area contributed by atoms with E-state index in [0.717, 1.165) is 38.3 Å². The van der Waals surface area contributed by atoms with Gasteiger partial charge in [0, 0.05) is 31.9 Å². The molecule has 1 aliphatic heterocycles. The van der Waals surface area contributed by atoms with Crippen LogP contribution in [-0.2, 0) is 0 Å². The highest BCUT2D eigenvalue weighted by molar-refractivity contribution is 5.92. The number of nitrogens with zero attached hydrogens (tertiary/aromatic N) is 2. The van der Waals surface area contributed by atoms with Crippen LogP contribution < -0.4 is 5.32 Å². The highest BCUT2D eigenvalue weighted by Gasteiger charge is 2.25. The van der Waals surface area contributed by atoms with Gasteiger partial charge < -0.3 is 14.8 Å². The van der Waals surface area contributed by atoms with Gasteiger partial charge in [-0.3, -0.25) is 4.79 Å². The van der Waals surface area contributed by atoms with Crippen LogP contribution in [0.15, 0.2) is 18.3 Å². The summed E-state index contributed by atoms with van der Waals surface area (Å²) in [7, 11) is 0. The largest absolute Gasteiger partial charge is 0.340 e. The van der Waals surface area contributed by atoms with Crippen molar-refractivity contribution in [3.63, 3.8) is 0 Å². The SMILES string of the molecule is O=C(c1cccn1C1CCC1)N1CCCNCC1. The van der Waals surface area contributed by atoms with Gasteiger partial charge in [0.15, 0.2) is 0 Å². The van der Waals surface area contributed by atoms with E-state index in [1.165, 1.54) is 19.3 Å². The quantitative estimate of drug-likeness (QED) is 0.863. The third-order valence-electron chi connectivity index (χ3n) is 4.09. The molecule has 1 aliphatic carbocycles. The zero-order chi connectivity index (χ0) is 12.4. The number of rotatable bonds is 2. The molecule has 1 aromatic heterocycles. The Labute approximate surface area is 108 Å². The molecule has 2 aliphatic rings. The van der Waals surface area contributed by atoms with Gasteiger partial charge in [-0.25, -0.2) is 0 Å². The zero-order valence-electron chi connectivity index (χ0n) is 10.8. The second-order valence-electron chi connectivity index (χ2n) is 5.28. The van der Waals surface area contributed by atoms with Crippen molar-refractivity contribution in [3.8, 4) is 0 Å². The van der Waals surface area contributed by atoms with Crippen molar-refractivity contribution in [1.82, 2.24) is 14.8 Å². The minimum atomic E-state index is 0.204. The Morgan fingerprint density at radius 3 is 2.89 bits per heavy atom.